The normalized spacial score (nSPS) is 24.9. The molecule has 0 saturated heterocycles. The van der Waals surface area contributed by atoms with Gasteiger partial charge in [-0.1, -0.05) is 19.9 Å². The molecule has 0 spiro atoms. The van der Waals surface area contributed by atoms with Crippen molar-refractivity contribution in [3.8, 4) is 5.75 Å². The van der Waals surface area contributed by atoms with E-state index in [9.17, 15) is 14.7 Å². The lowest BCUT2D eigenvalue weighted by atomic mass is 9.82. The van der Waals surface area contributed by atoms with Gasteiger partial charge in [-0.3, -0.25) is 9.69 Å². The van der Waals surface area contributed by atoms with Crippen molar-refractivity contribution in [1.29, 1.82) is 0 Å². The van der Waals surface area contributed by atoms with E-state index in [0.29, 0.717) is 17.7 Å². The van der Waals surface area contributed by atoms with Crippen LogP contribution in [-0.2, 0) is 4.79 Å². The summed E-state index contributed by atoms with van der Waals surface area (Å²) in [7, 11) is 0. The lowest BCUT2D eigenvalue weighted by Crippen LogP contribution is -2.42. The maximum atomic E-state index is 13.4. The molecule has 1 unspecified atom stereocenters. The monoisotopic (exact) mass is 403 g/mol. The van der Waals surface area contributed by atoms with Crippen LogP contribution in [0.3, 0.4) is 0 Å². The van der Waals surface area contributed by atoms with Crippen molar-refractivity contribution in [2.45, 2.75) is 78.7 Å². The Balaban J connectivity index is 1.93. The van der Waals surface area contributed by atoms with Gasteiger partial charge >= 0.3 is 6.16 Å². The molecule has 3 rings (SSSR count). The molecule has 2 aliphatic carbocycles. The summed E-state index contributed by atoms with van der Waals surface area (Å²) in [6.07, 6.45) is 9.03. The minimum absolute atomic E-state index is 0.0126. The SMILES string of the molecule is CC1CC=C(n2cc(OC(=O)O)c(N(C(=O)C3CCC(C)CC3)C(C)C)n2)CC1. The molecule has 0 aromatic carbocycles. The van der Waals surface area contributed by atoms with E-state index in [1.165, 1.54) is 0 Å². The second-order valence-electron chi connectivity index (χ2n) is 8.96. The van der Waals surface area contributed by atoms with E-state index < -0.39 is 6.16 Å². The molecule has 7 nitrogen and oxygen atoms in total. The molecule has 1 amide bonds. The summed E-state index contributed by atoms with van der Waals surface area (Å²) in [5, 5.41) is 13.8. The highest BCUT2D eigenvalue weighted by atomic mass is 16.7. The summed E-state index contributed by atoms with van der Waals surface area (Å²) in [5.74, 6) is 1.65. The first kappa shape index (κ1) is 21.4. The average molecular weight is 404 g/mol. The molecule has 2 aliphatic rings. The summed E-state index contributed by atoms with van der Waals surface area (Å²) < 4.78 is 6.72. The minimum Gasteiger partial charge on any atom is -0.449 e. The van der Waals surface area contributed by atoms with Gasteiger partial charge in [0, 0.05) is 17.7 Å². The number of carbonyl (C=O) groups excluding carboxylic acids is 1. The van der Waals surface area contributed by atoms with Crippen LogP contribution in [0.4, 0.5) is 10.6 Å². The summed E-state index contributed by atoms with van der Waals surface area (Å²) in [6.45, 7) is 8.29. The zero-order chi connectivity index (χ0) is 21.1. The number of hydrogen-bond donors (Lipinski definition) is 1. The van der Waals surface area contributed by atoms with Gasteiger partial charge in [-0.2, -0.15) is 0 Å². The van der Waals surface area contributed by atoms with Crippen LogP contribution in [0.25, 0.3) is 5.70 Å². The molecule has 1 N–H and O–H groups in total. The summed E-state index contributed by atoms with van der Waals surface area (Å²) >= 11 is 0. The predicted molar refractivity (Wildman–Crippen MR) is 112 cm³/mol. The van der Waals surface area contributed by atoms with Gasteiger partial charge in [0.2, 0.25) is 11.7 Å². The minimum atomic E-state index is -1.40. The maximum absolute atomic E-state index is 13.4. The van der Waals surface area contributed by atoms with E-state index >= 15 is 0 Å². The molecule has 7 heteroatoms. The third-order valence-corrected chi connectivity index (χ3v) is 6.15. The molecule has 1 aromatic rings. The second kappa shape index (κ2) is 9.01. The van der Waals surface area contributed by atoms with Crippen molar-refractivity contribution in [3.63, 3.8) is 0 Å². The van der Waals surface area contributed by atoms with Crippen LogP contribution < -0.4 is 9.64 Å². The van der Waals surface area contributed by atoms with Crippen molar-refractivity contribution in [1.82, 2.24) is 9.78 Å². The number of carboxylic acid groups (broad SMARTS) is 1. The summed E-state index contributed by atoms with van der Waals surface area (Å²) in [5.41, 5.74) is 1.02. The first-order valence-electron chi connectivity index (χ1n) is 10.8. The Morgan fingerprint density at radius 1 is 1.17 bits per heavy atom. The fourth-order valence-corrected chi connectivity index (χ4v) is 4.30. The molecule has 1 saturated carbocycles. The number of rotatable bonds is 5. The largest absolute Gasteiger partial charge is 0.511 e. The van der Waals surface area contributed by atoms with Gasteiger partial charge in [0.1, 0.15) is 0 Å². The predicted octanol–water partition coefficient (Wildman–Crippen LogP) is 5.17. The summed E-state index contributed by atoms with van der Waals surface area (Å²) in [6, 6.07) is -0.151. The first-order chi connectivity index (χ1) is 13.8. The van der Waals surface area contributed by atoms with Gasteiger partial charge in [0.15, 0.2) is 5.75 Å². The number of hydrogen-bond acceptors (Lipinski definition) is 4. The van der Waals surface area contributed by atoms with E-state index in [-0.39, 0.29) is 23.6 Å². The Labute approximate surface area is 172 Å². The topological polar surface area (TPSA) is 84.7 Å². The number of aromatic nitrogens is 2. The lowest BCUT2D eigenvalue weighted by Gasteiger charge is -2.32. The Morgan fingerprint density at radius 3 is 2.41 bits per heavy atom. The van der Waals surface area contributed by atoms with E-state index in [1.807, 2.05) is 13.8 Å². The number of anilines is 1. The molecule has 160 valence electrons. The number of nitrogens with zero attached hydrogens (tertiary/aromatic N) is 3. The molecule has 1 fully saturated rings. The Hall–Kier alpha value is -2.31. The molecular formula is C22H33N3O4. The van der Waals surface area contributed by atoms with Crippen LogP contribution in [-0.4, -0.2) is 33.0 Å². The third-order valence-electron chi connectivity index (χ3n) is 6.15. The van der Waals surface area contributed by atoms with Crippen LogP contribution in [0.5, 0.6) is 5.75 Å². The molecule has 1 atom stereocenters. The van der Waals surface area contributed by atoms with Crippen LogP contribution in [0.15, 0.2) is 12.3 Å². The van der Waals surface area contributed by atoms with Gasteiger partial charge in [0.05, 0.1) is 6.20 Å². The highest BCUT2D eigenvalue weighted by Gasteiger charge is 2.34. The smallest absolute Gasteiger partial charge is 0.449 e. The van der Waals surface area contributed by atoms with Crippen LogP contribution in [0, 0.1) is 17.8 Å². The second-order valence-corrected chi connectivity index (χ2v) is 8.96. The number of amides is 1. The number of ether oxygens (including phenoxy) is 1. The molecule has 1 heterocycles. The van der Waals surface area contributed by atoms with Crippen molar-refractivity contribution in [2.75, 3.05) is 4.90 Å². The first-order valence-corrected chi connectivity index (χ1v) is 10.8. The molecular weight excluding hydrogens is 370 g/mol. The maximum Gasteiger partial charge on any atom is 0.511 e. The Bertz CT molecular complexity index is 775. The highest BCUT2D eigenvalue weighted by Crippen LogP contribution is 2.36. The highest BCUT2D eigenvalue weighted by molar-refractivity contribution is 5.96. The van der Waals surface area contributed by atoms with Crippen LogP contribution in [0.2, 0.25) is 0 Å². The quantitative estimate of drug-likeness (QED) is 0.686. The standard InChI is InChI=1S/C22H33N3O4/c1-14(2)25(21(26)17-9-5-15(3)6-10-17)20-19(29-22(27)28)13-24(23-20)18-11-7-16(4)8-12-18/h11,13-17H,5-10,12H2,1-4H3,(H,27,28). The van der Waals surface area contributed by atoms with Gasteiger partial charge in [-0.15, -0.1) is 5.10 Å². The fraction of sp³-hybridized carbons (Fsp3) is 0.682. The molecule has 0 aliphatic heterocycles. The van der Waals surface area contributed by atoms with Crippen LogP contribution >= 0.6 is 0 Å². The van der Waals surface area contributed by atoms with Crippen molar-refractivity contribution < 1.29 is 19.4 Å². The fourth-order valence-electron chi connectivity index (χ4n) is 4.30. The van der Waals surface area contributed by atoms with Gasteiger partial charge in [-0.25, -0.2) is 9.48 Å². The third kappa shape index (κ3) is 5.00. The number of allylic oxidation sites excluding steroid dienone is 2. The van der Waals surface area contributed by atoms with Gasteiger partial charge in [0.25, 0.3) is 0 Å². The zero-order valence-corrected chi connectivity index (χ0v) is 17.9. The molecule has 0 bridgehead atoms. The van der Waals surface area contributed by atoms with E-state index in [1.54, 1.807) is 15.8 Å². The average Bonchev–Trinajstić information content (AvgIpc) is 3.05. The Morgan fingerprint density at radius 2 is 1.86 bits per heavy atom. The van der Waals surface area contributed by atoms with E-state index in [4.69, 9.17) is 4.74 Å². The summed E-state index contributed by atoms with van der Waals surface area (Å²) in [4.78, 5) is 26.3. The van der Waals surface area contributed by atoms with Crippen molar-refractivity contribution in [2.24, 2.45) is 17.8 Å². The van der Waals surface area contributed by atoms with E-state index in [0.717, 1.165) is 50.6 Å². The van der Waals surface area contributed by atoms with Gasteiger partial charge < -0.3 is 9.84 Å². The van der Waals surface area contributed by atoms with Crippen molar-refractivity contribution in [3.05, 3.63) is 12.3 Å². The lowest BCUT2D eigenvalue weighted by molar-refractivity contribution is -0.124. The van der Waals surface area contributed by atoms with E-state index in [2.05, 4.69) is 25.0 Å². The molecule has 0 radical (unpaired) electrons. The van der Waals surface area contributed by atoms with Gasteiger partial charge in [-0.05, 0) is 70.6 Å². The Kier molecular flexibility index (Phi) is 6.65. The van der Waals surface area contributed by atoms with Crippen LogP contribution in [0.1, 0.15) is 72.6 Å². The zero-order valence-electron chi connectivity index (χ0n) is 17.9. The van der Waals surface area contributed by atoms with Crippen molar-refractivity contribution >= 4 is 23.6 Å². The molecule has 29 heavy (non-hydrogen) atoms. The number of carbonyl (C=O) groups is 2. The molecule has 1 aromatic heterocycles.